The molecule has 1 unspecified atom stereocenters. The Morgan fingerprint density at radius 2 is 2.04 bits per heavy atom. The van der Waals surface area contributed by atoms with Crippen molar-refractivity contribution in [1.29, 1.82) is 0 Å². The summed E-state index contributed by atoms with van der Waals surface area (Å²) >= 11 is 1.34. The third kappa shape index (κ3) is 5.80. The number of amides is 1. The van der Waals surface area contributed by atoms with Crippen LogP contribution < -0.4 is 16.8 Å². The largest absolute Gasteiger partial charge is 0.370 e. The first kappa shape index (κ1) is 19.8. The third-order valence-electron chi connectivity index (χ3n) is 3.86. The predicted octanol–water partition coefficient (Wildman–Crippen LogP) is 2.21. The van der Waals surface area contributed by atoms with Crippen LogP contribution in [0.5, 0.6) is 0 Å². The molecule has 0 aliphatic carbocycles. The average Bonchev–Trinajstić information content (AvgIpc) is 3.05. The quantitative estimate of drug-likeness (QED) is 0.254. The van der Waals surface area contributed by atoms with E-state index in [0.717, 1.165) is 23.1 Å². The lowest BCUT2D eigenvalue weighted by Crippen LogP contribution is -2.41. The number of carbonyl (C=O) groups excluding carboxylic acids is 2. The predicted molar refractivity (Wildman–Crippen MR) is 105 cm³/mol. The molecule has 8 heteroatoms. The fraction of sp³-hybridized carbons (Fsp3) is 0.444. The van der Waals surface area contributed by atoms with Gasteiger partial charge in [0.2, 0.25) is 11.7 Å². The van der Waals surface area contributed by atoms with Crippen LogP contribution in [0.25, 0.3) is 10.2 Å². The van der Waals surface area contributed by atoms with E-state index in [1.807, 2.05) is 31.2 Å². The van der Waals surface area contributed by atoms with E-state index in [0.29, 0.717) is 30.8 Å². The maximum atomic E-state index is 12.9. The second-order valence-electron chi connectivity index (χ2n) is 6.02. The van der Waals surface area contributed by atoms with Gasteiger partial charge in [-0.25, -0.2) is 4.98 Å². The van der Waals surface area contributed by atoms with Gasteiger partial charge in [-0.05, 0) is 31.4 Å². The lowest BCUT2D eigenvalue weighted by molar-refractivity contribution is -0.121. The van der Waals surface area contributed by atoms with Gasteiger partial charge < -0.3 is 16.8 Å². The summed E-state index contributed by atoms with van der Waals surface area (Å²) < 4.78 is 0.951. The Balaban J connectivity index is 2.10. The Morgan fingerprint density at radius 1 is 1.27 bits per heavy atom. The van der Waals surface area contributed by atoms with Gasteiger partial charge in [0, 0.05) is 13.0 Å². The number of ketones is 1. The number of thiazole rings is 1. The summed E-state index contributed by atoms with van der Waals surface area (Å²) in [5.41, 5.74) is 11.4. The van der Waals surface area contributed by atoms with Crippen molar-refractivity contribution in [3.05, 3.63) is 29.3 Å². The number of Topliss-reactive ketones (excluding diaryl/α,β-unsaturated/α-hetero) is 1. The van der Waals surface area contributed by atoms with Crippen LogP contribution in [0.15, 0.2) is 29.3 Å². The fourth-order valence-electron chi connectivity index (χ4n) is 2.50. The number of hydrogen-bond donors (Lipinski definition) is 3. The third-order valence-corrected chi connectivity index (χ3v) is 4.91. The number of aliphatic imine (C=N–C) groups is 1. The van der Waals surface area contributed by atoms with E-state index in [1.54, 1.807) is 0 Å². The molecule has 0 bridgehead atoms. The zero-order valence-electron chi connectivity index (χ0n) is 14.9. The number of nitrogens with two attached hydrogens (primary N) is 2. The van der Waals surface area contributed by atoms with Crippen LogP contribution in [0.1, 0.15) is 48.8 Å². The van der Waals surface area contributed by atoms with E-state index in [4.69, 9.17) is 11.5 Å². The van der Waals surface area contributed by atoms with Crippen LogP contribution in [0.3, 0.4) is 0 Å². The molecule has 1 aromatic heterocycles. The summed E-state index contributed by atoms with van der Waals surface area (Å²) in [6, 6.07) is 6.98. The molecule has 140 valence electrons. The molecule has 5 N–H and O–H groups in total. The van der Waals surface area contributed by atoms with Gasteiger partial charge in [0.1, 0.15) is 0 Å². The average molecular weight is 375 g/mol. The van der Waals surface area contributed by atoms with Crippen molar-refractivity contribution in [2.45, 2.75) is 45.1 Å². The van der Waals surface area contributed by atoms with Gasteiger partial charge in [0.05, 0.1) is 16.3 Å². The molecule has 0 aliphatic rings. The lowest BCUT2D eigenvalue weighted by Gasteiger charge is -2.16. The molecule has 0 fully saturated rings. The molecule has 1 heterocycles. The minimum atomic E-state index is -0.617. The highest BCUT2D eigenvalue weighted by Crippen LogP contribution is 2.23. The highest BCUT2D eigenvalue weighted by molar-refractivity contribution is 7.20. The number of benzene rings is 1. The van der Waals surface area contributed by atoms with Crippen molar-refractivity contribution in [2.75, 3.05) is 6.54 Å². The van der Waals surface area contributed by atoms with Crippen LogP contribution in [-0.4, -0.2) is 35.2 Å². The van der Waals surface area contributed by atoms with Crippen LogP contribution in [0.2, 0.25) is 0 Å². The van der Waals surface area contributed by atoms with Crippen molar-refractivity contribution in [3.63, 3.8) is 0 Å². The SMILES string of the molecule is CCCCC(=O)NC(CCCN=C(N)N)C(=O)c1nc2ccccc2s1. The van der Waals surface area contributed by atoms with Crippen LogP contribution >= 0.6 is 11.3 Å². The molecule has 2 aromatic rings. The molecule has 1 amide bonds. The Hall–Kier alpha value is -2.48. The molecule has 1 aromatic carbocycles. The number of hydrogen-bond acceptors (Lipinski definition) is 5. The smallest absolute Gasteiger partial charge is 0.220 e. The minimum Gasteiger partial charge on any atom is -0.370 e. The molecule has 2 rings (SSSR count). The van der Waals surface area contributed by atoms with Gasteiger partial charge in [-0.3, -0.25) is 14.6 Å². The van der Waals surface area contributed by atoms with Crippen molar-refractivity contribution in [2.24, 2.45) is 16.5 Å². The second-order valence-corrected chi connectivity index (χ2v) is 7.05. The van der Waals surface area contributed by atoms with Crippen molar-refractivity contribution in [1.82, 2.24) is 10.3 Å². The molecule has 0 saturated carbocycles. The topological polar surface area (TPSA) is 123 Å². The number of guanidine groups is 1. The van der Waals surface area contributed by atoms with Crippen molar-refractivity contribution >= 4 is 39.2 Å². The monoisotopic (exact) mass is 375 g/mol. The lowest BCUT2D eigenvalue weighted by atomic mass is 10.1. The summed E-state index contributed by atoms with van der Waals surface area (Å²) in [4.78, 5) is 33.4. The Kier molecular flexibility index (Phi) is 7.53. The number of para-hydroxylation sites is 1. The number of nitrogens with one attached hydrogen (secondary N) is 1. The van der Waals surface area contributed by atoms with Gasteiger partial charge in [0.25, 0.3) is 0 Å². The summed E-state index contributed by atoms with van der Waals surface area (Å²) in [6.45, 7) is 2.43. The summed E-state index contributed by atoms with van der Waals surface area (Å²) in [5.74, 6) is -0.264. The number of unbranched alkanes of at least 4 members (excludes halogenated alkanes) is 1. The van der Waals surface area contributed by atoms with Gasteiger partial charge in [-0.2, -0.15) is 0 Å². The van der Waals surface area contributed by atoms with Gasteiger partial charge >= 0.3 is 0 Å². The second kappa shape index (κ2) is 9.86. The zero-order valence-corrected chi connectivity index (χ0v) is 15.7. The zero-order chi connectivity index (χ0) is 18.9. The Bertz CT molecular complexity index is 750. The molecule has 0 aliphatic heterocycles. The molecule has 0 spiro atoms. The Labute approximate surface area is 156 Å². The number of aromatic nitrogens is 1. The first-order valence-electron chi connectivity index (χ1n) is 8.75. The van der Waals surface area contributed by atoms with E-state index >= 15 is 0 Å². The highest BCUT2D eigenvalue weighted by atomic mass is 32.1. The van der Waals surface area contributed by atoms with E-state index < -0.39 is 6.04 Å². The molecule has 7 nitrogen and oxygen atoms in total. The standard InChI is InChI=1S/C18H25N5O2S/c1-2-3-10-15(24)22-13(8-6-11-21-18(19)20)16(25)17-23-12-7-4-5-9-14(12)26-17/h4-5,7,9,13H,2-3,6,8,10-11H2,1H3,(H,22,24)(H4,19,20,21). The van der Waals surface area contributed by atoms with Crippen LogP contribution in [0, 0.1) is 0 Å². The Morgan fingerprint density at radius 3 is 2.73 bits per heavy atom. The van der Waals surface area contributed by atoms with Gasteiger partial charge in [0.15, 0.2) is 11.0 Å². The van der Waals surface area contributed by atoms with Crippen molar-refractivity contribution in [3.8, 4) is 0 Å². The number of nitrogens with zero attached hydrogens (tertiary/aromatic N) is 2. The van der Waals surface area contributed by atoms with E-state index in [-0.39, 0.29) is 17.6 Å². The van der Waals surface area contributed by atoms with Crippen molar-refractivity contribution < 1.29 is 9.59 Å². The molecule has 0 radical (unpaired) electrons. The molecule has 26 heavy (non-hydrogen) atoms. The number of fused-ring (bicyclic) bond motifs is 1. The first-order chi connectivity index (χ1) is 12.5. The highest BCUT2D eigenvalue weighted by Gasteiger charge is 2.24. The van der Waals surface area contributed by atoms with E-state index in [2.05, 4.69) is 15.3 Å². The van der Waals surface area contributed by atoms with Crippen LogP contribution in [0.4, 0.5) is 0 Å². The minimum absolute atomic E-state index is 0.0195. The number of carbonyl (C=O) groups is 2. The summed E-state index contributed by atoms with van der Waals surface area (Å²) in [7, 11) is 0. The maximum Gasteiger partial charge on any atom is 0.220 e. The molecular formula is C18H25N5O2S. The molecular weight excluding hydrogens is 350 g/mol. The van der Waals surface area contributed by atoms with Crippen LogP contribution in [-0.2, 0) is 4.79 Å². The summed E-state index contributed by atoms with van der Waals surface area (Å²) in [6.07, 6.45) is 3.18. The summed E-state index contributed by atoms with van der Waals surface area (Å²) in [5, 5.41) is 3.26. The van der Waals surface area contributed by atoms with E-state index in [9.17, 15) is 9.59 Å². The van der Waals surface area contributed by atoms with E-state index in [1.165, 1.54) is 11.3 Å². The normalized spacial score (nSPS) is 11.9. The fourth-order valence-corrected chi connectivity index (χ4v) is 3.46. The molecule has 1 atom stereocenters. The van der Waals surface area contributed by atoms with Gasteiger partial charge in [-0.1, -0.05) is 25.5 Å². The molecule has 0 saturated heterocycles. The first-order valence-corrected chi connectivity index (χ1v) is 9.57. The number of rotatable bonds is 10. The van der Waals surface area contributed by atoms with Gasteiger partial charge in [-0.15, -0.1) is 11.3 Å². The maximum absolute atomic E-state index is 12.9.